The van der Waals surface area contributed by atoms with Gasteiger partial charge in [-0.2, -0.15) is 0 Å². The van der Waals surface area contributed by atoms with Crippen LogP contribution in [-0.2, 0) is 0 Å². The van der Waals surface area contributed by atoms with Crippen molar-refractivity contribution in [1.29, 1.82) is 0 Å². The molecule has 2 nitrogen and oxygen atoms in total. The van der Waals surface area contributed by atoms with Crippen molar-refractivity contribution in [1.82, 2.24) is 4.90 Å². The van der Waals surface area contributed by atoms with E-state index >= 15 is 0 Å². The lowest BCUT2D eigenvalue weighted by molar-refractivity contribution is 0.188. The van der Waals surface area contributed by atoms with E-state index in [4.69, 9.17) is 18.0 Å². The minimum absolute atomic E-state index is 0.679. The SMILES string of the molecule is NC(=S)CCCCN1CCCC1C1CCCC1. The van der Waals surface area contributed by atoms with Crippen LogP contribution in [0, 0.1) is 5.92 Å². The lowest BCUT2D eigenvalue weighted by Gasteiger charge is -2.29. The largest absolute Gasteiger partial charge is 0.393 e. The first-order chi connectivity index (χ1) is 8.27. The van der Waals surface area contributed by atoms with E-state index in [2.05, 4.69) is 4.90 Å². The van der Waals surface area contributed by atoms with Crippen LogP contribution in [0.15, 0.2) is 0 Å². The lowest BCUT2D eigenvalue weighted by Crippen LogP contribution is -2.35. The fourth-order valence-electron chi connectivity index (χ4n) is 3.62. The summed E-state index contributed by atoms with van der Waals surface area (Å²) in [5.41, 5.74) is 5.53. The van der Waals surface area contributed by atoms with Gasteiger partial charge < -0.3 is 10.6 Å². The summed E-state index contributed by atoms with van der Waals surface area (Å²) in [7, 11) is 0. The Morgan fingerprint density at radius 1 is 1.12 bits per heavy atom. The second kappa shape index (κ2) is 6.69. The molecule has 1 heterocycles. The summed E-state index contributed by atoms with van der Waals surface area (Å²) in [5.74, 6) is 1.01. The molecule has 1 unspecified atom stereocenters. The summed E-state index contributed by atoms with van der Waals surface area (Å²) in [6.45, 7) is 2.60. The fraction of sp³-hybridized carbons (Fsp3) is 0.929. The molecule has 0 spiro atoms. The van der Waals surface area contributed by atoms with Gasteiger partial charge in [0.05, 0.1) is 4.99 Å². The summed E-state index contributed by atoms with van der Waals surface area (Å²) >= 11 is 4.92. The van der Waals surface area contributed by atoms with Gasteiger partial charge in [0, 0.05) is 6.04 Å². The molecule has 1 aliphatic heterocycles. The van der Waals surface area contributed by atoms with Crippen molar-refractivity contribution < 1.29 is 0 Å². The highest BCUT2D eigenvalue weighted by molar-refractivity contribution is 7.80. The van der Waals surface area contributed by atoms with E-state index in [-0.39, 0.29) is 0 Å². The maximum absolute atomic E-state index is 5.53. The Morgan fingerprint density at radius 2 is 1.88 bits per heavy atom. The maximum Gasteiger partial charge on any atom is 0.0727 e. The van der Waals surface area contributed by atoms with Gasteiger partial charge in [-0.15, -0.1) is 0 Å². The smallest absolute Gasteiger partial charge is 0.0727 e. The molecular formula is C14H26N2S. The van der Waals surface area contributed by atoms with Crippen LogP contribution in [0.1, 0.15) is 57.8 Å². The molecule has 2 aliphatic rings. The van der Waals surface area contributed by atoms with Crippen molar-refractivity contribution in [3.63, 3.8) is 0 Å². The van der Waals surface area contributed by atoms with Crippen LogP contribution >= 0.6 is 12.2 Å². The van der Waals surface area contributed by atoms with Gasteiger partial charge in [0.1, 0.15) is 0 Å². The van der Waals surface area contributed by atoms with E-state index in [1.807, 2.05) is 0 Å². The highest BCUT2D eigenvalue weighted by Crippen LogP contribution is 2.35. The Kier molecular flexibility index (Phi) is 5.23. The van der Waals surface area contributed by atoms with E-state index in [0.29, 0.717) is 4.99 Å². The Morgan fingerprint density at radius 3 is 2.59 bits per heavy atom. The molecule has 2 rings (SSSR count). The number of nitrogens with zero attached hydrogens (tertiary/aromatic N) is 1. The van der Waals surface area contributed by atoms with Gasteiger partial charge in [-0.25, -0.2) is 0 Å². The first-order valence-electron chi connectivity index (χ1n) is 7.30. The quantitative estimate of drug-likeness (QED) is 0.583. The van der Waals surface area contributed by atoms with E-state index < -0.39 is 0 Å². The third kappa shape index (κ3) is 3.92. The molecule has 1 saturated heterocycles. The van der Waals surface area contributed by atoms with Gasteiger partial charge >= 0.3 is 0 Å². The molecule has 0 aromatic heterocycles. The van der Waals surface area contributed by atoms with Crippen molar-refractivity contribution in [3.05, 3.63) is 0 Å². The van der Waals surface area contributed by atoms with Gasteiger partial charge in [-0.1, -0.05) is 25.1 Å². The zero-order valence-electron chi connectivity index (χ0n) is 10.9. The second-order valence-electron chi connectivity index (χ2n) is 5.71. The first-order valence-corrected chi connectivity index (χ1v) is 7.70. The van der Waals surface area contributed by atoms with Crippen LogP contribution < -0.4 is 5.73 Å². The Balaban J connectivity index is 1.69. The first kappa shape index (κ1) is 13.3. The summed E-state index contributed by atoms with van der Waals surface area (Å²) in [6, 6.07) is 0.905. The molecule has 1 saturated carbocycles. The number of hydrogen-bond acceptors (Lipinski definition) is 2. The Hall–Kier alpha value is -0.150. The van der Waals surface area contributed by atoms with Crippen LogP contribution in [0.2, 0.25) is 0 Å². The van der Waals surface area contributed by atoms with Gasteiger partial charge in [-0.05, 0) is 64.0 Å². The third-order valence-electron chi connectivity index (χ3n) is 4.48. The van der Waals surface area contributed by atoms with E-state index in [1.54, 1.807) is 0 Å². The van der Waals surface area contributed by atoms with Crippen molar-refractivity contribution in [2.24, 2.45) is 11.7 Å². The molecule has 0 aromatic carbocycles. The predicted molar refractivity (Wildman–Crippen MR) is 77.2 cm³/mol. The van der Waals surface area contributed by atoms with E-state index in [1.165, 1.54) is 64.5 Å². The highest BCUT2D eigenvalue weighted by atomic mass is 32.1. The normalized spacial score (nSPS) is 26.7. The van der Waals surface area contributed by atoms with E-state index in [0.717, 1.165) is 18.4 Å². The minimum atomic E-state index is 0.679. The molecule has 1 aliphatic carbocycles. The van der Waals surface area contributed by atoms with Crippen molar-refractivity contribution in [2.45, 2.75) is 63.8 Å². The zero-order chi connectivity index (χ0) is 12.1. The van der Waals surface area contributed by atoms with Gasteiger partial charge in [0.15, 0.2) is 0 Å². The molecule has 98 valence electrons. The molecule has 0 amide bonds. The summed E-state index contributed by atoms with van der Waals surface area (Å²) in [4.78, 5) is 3.42. The Bertz CT molecular complexity index is 249. The fourth-order valence-corrected chi connectivity index (χ4v) is 3.76. The number of nitrogens with two attached hydrogens (primary N) is 1. The van der Waals surface area contributed by atoms with Crippen molar-refractivity contribution in [3.8, 4) is 0 Å². The van der Waals surface area contributed by atoms with Gasteiger partial charge in [-0.3, -0.25) is 0 Å². The molecular weight excluding hydrogens is 228 g/mol. The van der Waals surface area contributed by atoms with Gasteiger partial charge in [0.2, 0.25) is 0 Å². The molecule has 3 heteroatoms. The van der Waals surface area contributed by atoms with Crippen LogP contribution in [0.4, 0.5) is 0 Å². The summed E-state index contributed by atoms with van der Waals surface area (Å²) in [5, 5.41) is 0. The minimum Gasteiger partial charge on any atom is -0.393 e. The van der Waals surface area contributed by atoms with Crippen LogP contribution in [0.3, 0.4) is 0 Å². The summed E-state index contributed by atoms with van der Waals surface area (Å²) in [6.07, 6.45) is 12.1. The number of thiocarbonyl (C=S) groups is 1. The predicted octanol–water partition coefficient (Wildman–Crippen LogP) is 3.10. The monoisotopic (exact) mass is 254 g/mol. The second-order valence-corrected chi connectivity index (χ2v) is 6.24. The maximum atomic E-state index is 5.53. The average Bonchev–Trinajstić information content (AvgIpc) is 2.94. The highest BCUT2D eigenvalue weighted by Gasteiger charge is 2.32. The number of likely N-dealkylation sites (tertiary alicyclic amines) is 1. The molecule has 0 aromatic rings. The number of hydrogen-bond donors (Lipinski definition) is 1. The average molecular weight is 254 g/mol. The third-order valence-corrected chi connectivity index (χ3v) is 4.68. The van der Waals surface area contributed by atoms with Crippen molar-refractivity contribution in [2.75, 3.05) is 13.1 Å². The Labute approximate surface area is 111 Å². The number of unbranched alkanes of at least 4 members (excludes halogenated alkanes) is 1. The van der Waals surface area contributed by atoms with Crippen LogP contribution in [-0.4, -0.2) is 29.0 Å². The molecule has 0 radical (unpaired) electrons. The molecule has 1 atom stereocenters. The van der Waals surface area contributed by atoms with Crippen LogP contribution in [0.5, 0.6) is 0 Å². The molecule has 0 bridgehead atoms. The van der Waals surface area contributed by atoms with E-state index in [9.17, 15) is 0 Å². The summed E-state index contributed by atoms with van der Waals surface area (Å²) < 4.78 is 0. The molecule has 2 N–H and O–H groups in total. The van der Waals surface area contributed by atoms with Gasteiger partial charge in [0.25, 0.3) is 0 Å². The van der Waals surface area contributed by atoms with Crippen molar-refractivity contribution >= 4 is 17.2 Å². The zero-order valence-corrected chi connectivity index (χ0v) is 11.7. The van der Waals surface area contributed by atoms with Crippen LogP contribution in [0.25, 0.3) is 0 Å². The molecule has 2 fully saturated rings. The molecule has 17 heavy (non-hydrogen) atoms. The topological polar surface area (TPSA) is 29.3 Å². The standard InChI is InChI=1S/C14H26N2S/c15-14(17)9-3-4-10-16-11-5-8-13(16)12-6-1-2-7-12/h12-13H,1-11H2,(H2,15,17). The number of rotatable bonds is 6. The lowest BCUT2D eigenvalue weighted by atomic mass is 9.96.